The molecule has 1 aliphatic heterocycles. The van der Waals surface area contributed by atoms with E-state index >= 15 is 0 Å². The van der Waals surface area contributed by atoms with E-state index in [1.807, 2.05) is 4.90 Å². The van der Waals surface area contributed by atoms with Crippen LogP contribution in [0.2, 0.25) is 0 Å². The van der Waals surface area contributed by atoms with Gasteiger partial charge in [0, 0.05) is 32.2 Å². The Morgan fingerprint density at radius 2 is 1.94 bits per heavy atom. The fraction of sp³-hybridized carbons (Fsp3) is 0.929. The third kappa shape index (κ3) is 2.54. The van der Waals surface area contributed by atoms with Crippen LogP contribution >= 0.6 is 0 Å². The second-order valence-electron chi connectivity index (χ2n) is 6.35. The van der Waals surface area contributed by atoms with Gasteiger partial charge in [-0.05, 0) is 38.1 Å². The summed E-state index contributed by atoms with van der Waals surface area (Å²) in [5.74, 6) is 2.10. The van der Waals surface area contributed by atoms with E-state index in [9.17, 15) is 4.79 Å². The van der Waals surface area contributed by atoms with Crippen molar-refractivity contribution in [1.82, 2.24) is 15.1 Å². The molecular formula is C14H25N3O. The Labute approximate surface area is 110 Å². The summed E-state index contributed by atoms with van der Waals surface area (Å²) in [6, 6.07) is 0.625. The maximum atomic E-state index is 12.1. The van der Waals surface area contributed by atoms with Crippen LogP contribution in [0.15, 0.2) is 0 Å². The SMILES string of the molecule is CN1CCN(C(=O)CNC2CC3CCC2C3)CC1. The van der Waals surface area contributed by atoms with Crippen LogP contribution in [0.25, 0.3) is 0 Å². The van der Waals surface area contributed by atoms with Crippen LogP contribution in [-0.2, 0) is 4.79 Å². The van der Waals surface area contributed by atoms with Gasteiger partial charge < -0.3 is 15.1 Å². The highest BCUT2D eigenvalue weighted by Gasteiger charge is 2.39. The lowest BCUT2D eigenvalue weighted by Gasteiger charge is -2.33. The molecule has 3 unspecified atom stereocenters. The first kappa shape index (κ1) is 12.4. The molecular weight excluding hydrogens is 226 g/mol. The minimum Gasteiger partial charge on any atom is -0.339 e. The minimum atomic E-state index is 0.297. The van der Waals surface area contributed by atoms with Gasteiger partial charge in [0.1, 0.15) is 0 Å². The van der Waals surface area contributed by atoms with Crippen LogP contribution in [0.4, 0.5) is 0 Å². The molecule has 2 saturated carbocycles. The van der Waals surface area contributed by atoms with Gasteiger partial charge in [0.05, 0.1) is 6.54 Å². The van der Waals surface area contributed by atoms with Crippen LogP contribution in [0.1, 0.15) is 25.7 Å². The lowest BCUT2D eigenvalue weighted by molar-refractivity contribution is -0.132. The number of nitrogens with zero attached hydrogens (tertiary/aromatic N) is 2. The number of piperazine rings is 1. The minimum absolute atomic E-state index is 0.297. The maximum Gasteiger partial charge on any atom is 0.236 e. The first-order valence-corrected chi connectivity index (χ1v) is 7.42. The fourth-order valence-electron chi connectivity index (χ4n) is 3.88. The summed E-state index contributed by atoms with van der Waals surface area (Å²) in [6.45, 7) is 4.37. The summed E-state index contributed by atoms with van der Waals surface area (Å²) >= 11 is 0. The van der Waals surface area contributed by atoms with Crippen LogP contribution in [0.3, 0.4) is 0 Å². The van der Waals surface area contributed by atoms with Crippen molar-refractivity contribution in [3.8, 4) is 0 Å². The molecule has 3 atom stereocenters. The predicted molar refractivity (Wildman–Crippen MR) is 71.3 cm³/mol. The predicted octanol–water partition coefficient (Wildman–Crippen LogP) is 0.539. The Kier molecular flexibility index (Phi) is 3.57. The molecule has 4 heteroatoms. The molecule has 18 heavy (non-hydrogen) atoms. The summed E-state index contributed by atoms with van der Waals surface area (Å²) < 4.78 is 0. The van der Waals surface area contributed by atoms with Crippen molar-refractivity contribution in [2.45, 2.75) is 31.7 Å². The lowest BCUT2D eigenvalue weighted by Crippen LogP contribution is -2.50. The number of rotatable bonds is 3. The zero-order valence-electron chi connectivity index (χ0n) is 11.4. The molecule has 1 saturated heterocycles. The summed E-state index contributed by atoms with van der Waals surface area (Å²) in [6.07, 6.45) is 5.52. The average Bonchev–Trinajstić information content (AvgIpc) is 2.99. The van der Waals surface area contributed by atoms with Gasteiger partial charge in [0.15, 0.2) is 0 Å². The summed E-state index contributed by atoms with van der Waals surface area (Å²) in [4.78, 5) is 16.4. The largest absolute Gasteiger partial charge is 0.339 e. The van der Waals surface area contributed by atoms with Gasteiger partial charge in [-0.15, -0.1) is 0 Å². The highest BCUT2D eigenvalue weighted by molar-refractivity contribution is 5.78. The van der Waals surface area contributed by atoms with Gasteiger partial charge in [0.25, 0.3) is 0 Å². The molecule has 3 fully saturated rings. The highest BCUT2D eigenvalue weighted by Crippen LogP contribution is 2.44. The lowest BCUT2D eigenvalue weighted by atomic mass is 9.95. The van der Waals surface area contributed by atoms with Crippen molar-refractivity contribution < 1.29 is 4.79 Å². The maximum absolute atomic E-state index is 12.1. The van der Waals surface area contributed by atoms with Crippen LogP contribution in [-0.4, -0.2) is 61.5 Å². The monoisotopic (exact) mass is 251 g/mol. The second-order valence-corrected chi connectivity index (χ2v) is 6.35. The Hall–Kier alpha value is -0.610. The second kappa shape index (κ2) is 5.17. The number of amides is 1. The van der Waals surface area contributed by atoms with Gasteiger partial charge in [-0.25, -0.2) is 0 Å². The molecule has 2 aliphatic carbocycles. The van der Waals surface area contributed by atoms with E-state index in [0.717, 1.165) is 38.0 Å². The molecule has 0 aromatic rings. The van der Waals surface area contributed by atoms with E-state index in [4.69, 9.17) is 0 Å². The van der Waals surface area contributed by atoms with Crippen LogP contribution < -0.4 is 5.32 Å². The van der Waals surface area contributed by atoms with Crippen molar-refractivity contribution in [1.29, 1.82) is 0 Å². The quantitative estimate of drug-likeness (QED) is 0.795. The van der Waals surface area contributed by atoms with Gasteiger partial charge >= 0.3 is 0 Å². The van der Waals surface area contributed by atoms with Gasteiger partial charge in [-0.2, -0.15) is 0 Å². The molecule has 3 rings (SSSR count). The van der Waals surface area contributed by atoms with E-state index in [2.05, 4.69) is 17.3 Å². The van der Waals surface area contributed by atoms with Crippen LogP contribution in [0, 0.1) is 11.8 Å². The molecule has 0 radical (unpaired) electrons. The molecule has 4 nitrogen and oxygen atoms in total. The first-order chi connectivity index (χ1) is 8.72. The normalized spacial score (nSPS) is 36.3. The van der Waals surface area contributed by atoms with Gasteiger partial charge in [0.2, 0.25) is 5.91 Å². The molecule has 0 spiro atoms. The van der Waals surface area contributed by atoms with E-state index in [-0.39, 0.29) is 0 Å². The van der Waals surface area contributed by atoms with Crippen molar-refractivity contribution in [2.75, 3.05) is 39.8 Å². The average molecular weight is 251 g/mol. The van der Waals surface area contributed by atoms with Crippen molar-refractivity contribution in [3.63, 3.8) is 0 Å². The highest BCUT2D eigenvalue weighted by atomic mass is 16.2. The Morgan fingerprint density at radius 3 is 2.56 bits per heavy atom. The summed E-state index contributed by atoms with van der Waals surface area (Å²) in [5, 5.41) is 3.52. The molecule has 2 bridgehead atoms. The van der Waals surface area contributed by atoms with E-state index in [0.29, 0.717) is 18.5 Å². The van der Waals surface area contributed by atoms with Gasteiger partial charge in [-0.3, -0.25) is 4.79 Å². The molecule has 1 N–H and O–H groups in total. The van der Waals surface area contributed by atoms with Crippen molar-refractivity contribution >= 4 is 5.91 Å². The van der Waals surface area contributed by atoms with Gasteiger partial charge in [-0.1, -0.05) is 6.42 Å². The van der Waals surface area contributed by atoms with E-state index in [1.54, 1.807) is 0 Å². The Balaban J connectivity index is 1.41. The zero-order valence-corrected chi connectivity index (χ0v) is 11.4. The van der Waals surface area contributed by atoms with Crippen molar-refractivity contribution in [2.24, 2.45) is 11.8 Å². The molecule has 1 heterocycles. The number of likely N-dealkylation sites (N-methyl/N-ethyl adjacent to an activating group) is 1. The smallest absolute Gasteiger partial charge is 0.236 e. The molecule has 1 amide bonds. The molecule has 102 valence electrons. The zero-order chi connectivity index (χ0) is 12.5. The number of hydrogen-bond acceptors (Lipinski definition) is 3. The Morgan fingerprint density at radius 1 is 1.17 bits per heavy atom. The van der Waals surface area contributed by atoms with Crippen LogP contribution in [0.5, 0.6) is 0 Å². The van der Waals surface area contributed by atoms with E-state index in [1.165, 1.54) is 25.7 Å². The molecule has 3 aliphatic rings. The standard InChI is InChI=1S/C14H25N3O/c1-16-4-6-17(7-5-16)14(18)10-15-13-9-11-2-3-12(13)8-11/h11-13,15H,2-10H2,1H3. The molecule has 0 aromatic heterocycles. The summed E-state index contributed by atoms with van der Waals surface area (Å²) in [7, 11) is 2.12. The van der Waals surface area contributed by atoms with Crippen molar-refractivity contribution in [3.05, 3.63) is 0 Å². The topological polar surface area (TPSA) is 35.6 Å². The number of nitrogens with one attached hydrogen (secondary N) is 1. The summed E-state index contributed by atoms with van der Waals surface area (Å²) in [5.41, 5.74) is 0. The van der Waals surface area contributed by atoms with E-state index < -0.39 is 0 Å². The number of hydrogen-bond donors (Lipinski definition) is 1. The molecule has 0 aromatic carbocycles. The first-order valence-electron chi connectivity index (χ1n) is 7.42. The number of carbonyl (C=O) groups excluding carboxylic acids is 1. The third-order valence-electron chi connectivity index (χ3n) is 5.11. The number of fused-ring (bicyclic) bond motifs is 2. The number of carbonyl (C=O) groups is 1. The fourth-order valence-corrected chi connectivity index (χ4v) is 3.88. The third-order valence-corrected chi connectivity index (χ3v) is 5.11. The Bertz CT molecular complexity index is 312.